The molecule has 80 valence electrons. The number of allylic oxidation sites excluding steroid dienone is 1. The molecule has 0 aliphatic heterocycles. The second-order valence-corrected chi connectivity index (χ2v) is 4.09. The van der Waals surface area contributed by atoms with Gasteiger partial charge in [0.05, 0.1) is 0 Å². The van der Waals surface area contributed by atoms with Crippen molar-refractivity contribution in [2.75, 3.05) is 0 Å². The zero-order valence-electron chi connectivity index (χ0n) is 9.88. The molecular weight excluding hydrogens is 192 g/mol. The molecule has 0 saturated heterocycles. The van der Waals surface area contributed by atoms with Crippen molar-refractivity contribution in [2.45, 2.75) is 13.8 Å². The van der Waals surface area contributed by atoms with Crippen LogP contribution in [0.15, 0.2) is 36.9 Å². The first kappa shape index (κ1) is 10.7. The average molecular weight is 208 g/mol. The van der Waals surface area contributed by atoms with Crippen LogP contribution in [0.25, 0.3) is 23.4 Å². The number of hydrogen-bond acceptors (Lipinski definition) is 0. The molecule has 0 atom stereocenters. The molecule has 2 rings (SSSR count). The lowest BCUT2D eigenvalue weighted by Crippen LogP contribution is -2.27. The van der Waals surface area contributed by atoms with Crippen molar-refractivity contribution < 1.29 is 0 Å². The quantitative estimate of drug-likeness (QED) is 0.676. The van der Waals surface area contributed by atoms with Crippen molar-refractivity contribution in [3.8, 4) is 0 Å². The Morgan fingerprint density at radius 1 is 1.00 bits per heavy atom. The molecule has 0 amide bonds. The first-order valence-corrected chi connectivity index (χ1v) is 5.46. The first-order valence-electron chi connectivity index (χ1n) is 5.46. The second kappa shape index (κ2) is 3.97. The summed E-state index contributed by atoms with van der Waals surface area (Å²) in [7, 11) is 0. The van der Waals surface area contributed by atoms with Crippen molar-refractivity contribution in [1.82, 2.24) is 0 Å². The van der Waals surface area contributed by atoms with E-state index in [0.29, 0.717) is 0 Å². The van der Waals surface area contributed by atoms with E-state index in [4.69, 9.17) is 0 Å². The van der Waals surface area contributed by atoms with Gasteiger partial charge in [-0.3, -0.25) is 0 Å². The maximum Gasteiger partial charge on any atom is -0.0103 e. The minimum Gasteiger partial charge on any atom is -0.0990 e. The van der Waals surface area contributed by atoms with Crippen LogP contribution in [0.4, 0.5) is 0 Å². The Labute approximate surface area is 96.2 Å². The van der Waals surface area contributed by atoms with E-state index < -0.39 is 0 Å². The molecule has 0 N–H and O–H groups in total. The predicted octanol–water partition coefficient (Wildman–Crippen LogP) is 2.83. The van der Waals surface area contributed by atoms with E-state index >= 15 is 0 Å². The summed E-state index contributed by atoms with van der Waals surface area (Å²) < 4.78 is 0. The minimum atomic E-state index is 1.11. The number of fused-ring (bicyclic) bond motifs is 1. The van der Waals surface area contributed by atoms with Crippen molar-refractivity contribution in [2.24, 2.45) is 0 Å². The van der Waals surface area contributed by atoms with Gasteiger partial charge < -0.3 is 0 Å². The van der Waals surface area contributed by atoms with Crippen LogP contribution < -0.4 is 10.4 Å². The van der Waals surface area contributed by atoms with Gasteiger partial charge in [-0.1, -0.05) is 49.6 Å². The highest BCUT2D eigenvalue weighted by Gasteiger charge is 2.03. The molecule has 0 saturated carbocycles. The molecule has 0 aromatic heterocycles. The molecule has 0 bridgehead atoms. The third-order valence-electron chi connectivity index (χ3n) is 3.25. The summed E-state index contributed by atoms with van der Waals surface area (Å²) in [5.74, 6) is 0. The van der Waals surface area contributed by atoms with Gasteiger partial charge >= 0.3 is 0 Å². The van der Waals surface area contributed by atoms with E-state index in [1.807, 2.05) is 12.2 Å². The molecule has 16 heavy (non-hydrogen) atoms. The zero-order valence-corrected chi connectivity index (χ0v) is 9.88. The van der Waals surface area contributed by atoms with E-state index in [-0.39, 0.29) is 0 Å². The van der Waals surface area contributed by atoms with Crippen LogP contribution >= 0.6 is 0 Å². The van der Waals surface area contributed by atoms with Crippen LogP contribution in [0.2, 0.25) is 0 Å². The maximum atomic E-state index is 4.17. The van der Waals surface area contributed by atoms with E-state index in [1.54, 1.807) is 0 Å². The number of benzene rings is 2. The summed E-state index contributed by atoms with van der Waals surface area (Å²) in [4.78, 5) is 0. The summed E-state index contributed by atoms with van der Waals surface area (Å²) in [6, 6.07) is 8.45. The average Bonchev–Trinajstić information content (AvgIpc) is 2.32. The summed E-state index contributed by atoms with van der Waals surface area (Å²) in [6.45, 7) is 12.2. The van der Waals surface area contributed by atoms with Crippen molar-refractivity contribution in [3.63, 3.8) is 0 Å². The smallest absolute Gasteiger partial charge is 0.0103 e. The summed E-state index contributed by atoms with van der Waals surface area (Å²) in [5.41, 5.74) is 2.59. The van der Waals surface area contributed by atoms with Gasteiger partial charge in [0.15, 0.2) is 0 Å². The van der Waals surface area contributed by atoms with Crippen LogP contribution in [0.3, 0.4) is 0 Å². The highest BCUT2D eigenvalue weighted by molar-refractivity contribution is 5.88. The molecule has 0 nitrogen and oxygen atoms in total. The van der Waals surface area contributed by atoms with Crippen LogP contribution in [-0.4, -0.2) is 0 Å². The molecule has 0 aliphatic rings. The lowest BCUT2D eigenvalue weighted by molar-refractivity contribution is 1.32. The third kappa shape index (κ3) is 1.47. The van der Waals surface area contributed by atoms with E-state index in [1.165, 1.54) is 27.1 Å². The molecule has 0 spiro atoms. The Morgan fingerprint density at radius 3 is 2.25 bits per heavy atom. The fraction of sp³-hybridized carbons (Fsp3) is 0.125. The zero-order chi connectivity index (χ0) is 11.7. The Balaban J connectivity index is 3.17. The standard InChI is InChI=1S/C16H16/c1-5-8-14-12(3)11(2)13(4)15-9-6-7-10-16(14)15/h5-10H,1,3H2,2,4H3/b14-8+. The number of aryl methyl sites for hydroxylation is 1. The van der Waals surface area contributed by atoms with E-state index in [0.717, 1.165) is 5.22 Å². The second-order valence-electron chi connectivity index (χ2n) is 4.09. The van der Waals surface area contributed by atoms with Crippen molar-refractivity contribution in [1.29, 1.82) is 0 Å². The Hall–Kier alpha value is -1.82. The lowest BCUT2D eigenvalue weighted by Gasteiger charge is -2.08. The summed E-state index contributed by atoms with van der Waals surface area (Å²) in [6.07, 6.45) is 3.86. The molecular formula is C16H16. The third-order valence-corrected chi connectivity index (χ3v) is 3.25. The van der Waals surface area contributed by atoms with Gasteiger partial charge in [0.2, 0.25) is 0 Å². The molecule has 0 heteroatoms. The highest BCUT2D eigenvalue weighted by Crippen LogP contribution is 2.15. The molecule has 0 unspecified atom stereocenters. The molecule has 2 aromatic rings. The van der Waals surface area contributed by atoms with Gasteiger partial charge in [-0.05, 0) is 46.2 Å². The highest BCUT2D eigenvalue weighted by atomic mass is 14.1. The monoisotopic (exact) mass is 208 g/mol. The van der Waals surface area contributed by atoms with Gasteiger partial charge in [-0.15, -0.1) is 0 Å². The largest absolute Gasteiger partial charge is 0.0990 e. The fourth-order valence-corrected chi connectivity index (χ4v) is 2.15. The Kier molecular flexibility index (Phi) is 2.66. The molecule has 0 radical (unpaired) electrons. The molecule has 0 heterocycles. The van der Waals surface area contributed by atoms with Crippen molar-refractivity contribution >= 4 is 23.4 Å². The van der Waals surface area contributed by atoms with Crippen LogP contribution in [0.5, 0.6) is 0 Å². The predicted molar refractivity (Wildman–Crippen MR) is 72.9 cm³/mol. The lowest BCUT2D eigenvalue weighted by atomic mass is 9.97. The van der Waals surface area contributed by atoms with Gasteiger partial charge in [-0.25, -0.2) is 0 Å². The van der Waals surface area contributed by atoms with E-state index in [2.05, 4.69) is 51.3 Å². The number of hydrogen-bond donors (Lipinski definition) is 0. The topological polar surface area (TPSA) is 0 Å². The normalized spacial score (nSPS) is 12.0. The van der Waals surface area contributed by atoms with Gasteiger partial charge in [-0.2, -0.15) is 0 Å². The first-order chi connectivity index (χ1) is 7.66. The molecule has 0 fully saturated rings. The fourth-order valence-electron chi connectivity index (χ4n) is 2.15. The van der Waals surface area contributed by atoms with Gasteiger partial charge in [0.1, 0.15) is 0 Å². The van der Waals surface area contributed by atoms with Gasteiger partial charge in [0.25, 0.3) is 0 Å². The van der Waals surface area contributed by atoms with Crippen LogP contribution in [0, 0.1) is 13.8 Å². The van der Waals surface area contributed by atoms with Gasteiger partial charge in [0, 0.05) is 0 Å². The van der Waals surface area contributed by atoms with Crippen molar-refractivity contribution in [3.05, 3.63) is 58.5 Å². The minimum absolute atomic E-state index is 1.11. The summed E-state index contributed by atoms with van der Waals surface area (Å²) >= 11 is 0. The molecule has 2 aromatic carbocycles. The van der Waals surface area contributed by atoms with E-state index in [9.17, 15) is 0 Å². The molecule has 0 aliphatic carbocycles. The van der Waals surface area contributed by atoms with Crippen LogP contribution in [-0.2, 0) is 0 Å². The summed E-state index contributed by atoms with van der Waals surface area (Å²) in [5, 5.41) is 4.86. The van der Waals surface area contributed by atoms with Crippen LogP contribution in [0.1, 0.15) is 11.1 Å². The SMILES string of the molecule is C=C/C=c1\c(=C)c(C)c(C)c2ccccc12. The number of rotatable bonds is 1. The Bertz CT molecular complexity index is 660. The maximum absolute atomic E-state index is 4.17. The Morgan fingerprint density at radius 2 is 1.62 bits per heavy atom.